The SMILES string of the molecule is FC(F)(F)c1ccn(-c2nc3ccccc3cc2CBr)n1. The first-order valence-electron chi connectivity index (χ1n) is 6.07. The van der Waals surface area contributed by atoms with Crippen LogP contribution in [0.3, 0.4) is 0 Å². The predicted molar refractivity (Wildman–Crippen MR) is 76.5 cm³/mol. The van der Waals surface area contributed by atoms with Crippen molar-refractivity contribution in [1.82, 2.24) is 14.8 Å². The minimum atomic E-state index is -4.46. The summed E-state index contributed by atoms with van der Waals surface area (Å²) in [6.45, 7) is 0. The number of aromatic nitrogens is 3. The van der Waals surface area contributed by atoms with Crippen LogP contribution in [0.25, 0.3) is 16.7 Å². The summed E-state index contributed by atoms with van der Waals surface area (Å²) in [5, 5.41) is 4.98. The number of halogens is 4. The Balaban J connectivity index is 2.17. The van der Waals surface area contributed by atoms with Gasteiger partial charge in [-0.2, -0.15) is 18.3 Å². The van der Waals surface area contributed by atoms with E-state index in [-0.39, 0.29) is 0 Å². The second-order valence-electron chi connectivity index (χ2n) is 4.44. The van der Waals surface area contributed by atoms with Gasteiger partial charge in [-0.3, -0.25) is 0 Å². The van der Waals surface area contributed by atoms with Gasteiger partial charge in [0.15, 0.2) is 11.5 Å². The van der Waals surface area contributed by atoms with Gasteiger partial charge in [0.1, 0.15) is 0 Å². The highest BCUT2D eigenvalue weighted by Crippen LogP contribution is 2.28. The molecular weight excluding hydrogens is 347 g/mol. The van der Waals surface area contributed by atoms with Crippen LogP contribution >= 0.6 is 15.9 Å². The van der Waals surface area contributed by atoms with Crippen molar-refractivity contribution in [2.75, 3.05) is 0 Å². The molecule has 108 valence electrons. The zero-order chi connectivity index (χ0) is 15.0. The molecule has 0 amide bonds. The van der Waals surface area contributed by atoms with E-state index >= 15 is 0 Å². The summed E-state index contributed by atoms with van der Waals surface area (Å²) in [5.41, 5.74) is 0.546. The van der Waals surface area contributed by atoms with Crippen LogP contribution in [0.4, 0.5) is 13.2 Å². The Hall–Kier alpha value is -1.89. The van der Waals surface area contributed by atoms with E-state index < -0.39 is 11.9 Å². The molecule has 0 aliphatic rings. The number of para-hydroxylation sites is 1. The normalized spacial score (nSPS) is 12.0. The Morgan fingerprint density at radius 3 is 2.57 bits per heavy atom. The van der Waals surface area contributed by atoms with Gasteiger partial charge in [0.2, 0.25) is 0 Å². The molecule has 2 aromatic heterocycles. The third-order valence-electron chi connectivity index (χ3n) is 3.02. The highest BCUT2D eigenvalue weighted by Gasteiger charge is 2.33. The van der Waals surface area contributed by atoms with Crippen LogP contribution in [0.1, 0.15) is 11.3 Å². The van der Waals surface area contributed by atoms with Crippen molar-refractivity contribution in [1.29, 1.82) is 0 Å². The lowest BCUT2D eigenvalue weighted by Crippen LogP contribution is -2.09. The molecule has 0 saturated heterocycles. The number of alkyl halides is 4. The average Bonchev–Trinajstić information content (AvgIpc) is 2.95. The molecule has 0 radical (unpaired) electrons. The van der Waals surface area contributed by atoms with Gasteiger partial charge in [-0.15, -0.1) is 0 Å². The molecule has 0 aliphatic heterocycles. The Morgan fingerprint density at radius 1 is 1.14 bits per heavy atom. The summed E-state index contributed by atoms with van der Waals surface area (Å²) in [6.07, 6.45) is -3.19. The van der Waals surface area contributed by atoms with Gasteiger partial charge in [-0.05, 0) is 18.2 Å². The second kappa shape index (κ2) is 5.14. The number of fused-ring (bicyclic) bond motifs is 1. The first kappa shape index (κ1) is 14.1. The number of pyridine rings is 1. The lowest BCUT2D eigenvalue weighted by Gasteiger charge is -2.09. The smallest absolute Gasteiger partial charge is 0.228 e. The van der Waals surface area contributed by atoms with Gasteiger partial charge >= 0.3 is 6.18 Å². The highest BCUT2D eigenvalue weighted by molar-refractivity contribution is 9.08. The molecule has 0 aliphatic carbocycles. The second-order valence-corrected chi connectivity index (χ2v) is 5.00. The zero-order valence-electron chi connectivity index (χ0n) is 10.6. The summed E-state index contributed by atoms with van der Waals surface area (Å²) < 4.78 is 39.1. The van der Waals surface area contributed by atoms with Crippen molar-refractivity contribution < 1.29 is 13.2 Å². The van der Waals surface area contributed by atoms with Crippen LogP contribution < -0.4 is 0 Å². The molecule has 0 N–H and O–H groups in total. The third-order valence-corrected chi connectivity index (χ3v) is 3.62. The minimum absolute atomic E-state index is 0.390. The summed E-state index contributed by atoms with van der Waals surface area (Å²) in [5.74, 6) is 0.390. The minimum Gasteiger partial charge on any atom is -0.228 e. The number of hydrogen-bond donors (Lipinski definition) is 0. The molecule has 1 aromatic carbocycles. The first-order valence-corrected chi connectivity index (χ1v) is 7.19. The predicted octanol–water partition coefficient (Wildman–Crippen LogP) is 4.33. The lowest BCUT2D eigenvalue weighted by atomic mass is 10.1. The maximum atomic E-state index is 12.6. The van der Waals surface area contributed by atoms with E-state index in [0.29, 0.717) is 16.7 Å². The Morgan fingerprint density at radius 2 is 1.90 bits per heavy atom. The van der Waals surface area contributed by atoms with Crippen LogP contribution in [0, 0.1) is 0 Å². The van der Waals surface area contributed by atoms with Gasteiger partial charge < -0.3 is 0 Å². The van der Waals surface area contributed by atoms with Crippen molar-refractivity contribution in [3.8, 4) is 5.82 Å². The number of nitrogens with zero attached hydrogens (tertiary/aromatic N) is 3. The van der Waals surface area contributed by atoms with E-state index in [2.05, 4.69) is 26.0 Å². The van der Waals surface area contributed by atoms with Gasteiger partial charge in [0, 0.05) is 22.5 Å². The maximum absolute atomic E-state index is 12.6. The van der Waals surface area contributed by atoms with Crippen molar-refractivity contribution in [3.63, 3.8) is 0 Å². The molecule has 7 heteroatoms. The van der Waals surface area contributed by atoms with Crippen molar-refractivity contribution in [2.45, 2.75) is 11.5 Å². The van der Waals surface area contributed by atoms with Gasteiger partial charge in [0.25, 0.3) is 0 Å². The monoisotopic (exact) mass is 355 g/mol. The third kappa shape index (κ3) is 2.65. The quantitative estimate of drug-likeness (QED) is 0.640. The van der Waals surface area contributed by atoms with E-state index in [4.69, 9.17) is 0 Å². The van der Waals surface area contributed by atoms with Crippen LogP contribution in [0.15, 0.2) is 42.6 Å². The van der Waals surface area contributed by atoms with Gasteiger partial charge in [-0.25, -0.2) is 9.67 Å². The van der Waals surface area contributed by atoms with Crippen LogP contribution in [-0.4, -0.2) is 14.8 Å². The molecule has 3 aromatic rings. The molecule has 0 saturated carbocycles. The van der Waals surface area contributed by atoms with Crippen molar-refractivity contribution in [3.05, 3.63) is 53.9 Å². The van der Waals surface area contributed by atoms with Crippen LogP contribution in [0.5, 0.6) is 0 Å². The summed E-state index contributed by atoms with van der Waals surface area (Å²) in [7, 11) is 0. The van der Waals surface area contributed by atoms with Gasteiger partial charge in [-0.1, -0.05) is 34.1 Å². The highest BCUT2D eigenvalue weighted by atomic mass is 79.9. The fourth-order valence-electron chi connectivity index (χ4n) is 2.04. The molecule has 0 fully saturated rings. The molecule has 3 nitrogen and oxygen atoms in total. The number of hydrogen-bond acceptors (Lipinski definition) is 2. The average molecular weight is 356 g/mol. The van der Waals surface area contributed by atoms with Gasteiger partial charge in [0.05, 0.1) is 5.52 Å². The molecule has 2 heterocycles. The first-order chi connectivity index (χ1) is 9.99. The molecular formula is C14H9BrF3N3. The summed E-state index contributed by atoms with van der Waals surface area (Å²) in [6, 6.07) is 10.3. The van der Waals surface area contributed by atoms with E-state index in [9.17, 15) is 13.2 Å². The number of benzene rings is 1. The van der Waals surface area contributed by atoms with E-state index in [0.717, 1.165) is 21.7 Å². The Bertz CT molecular complexity index is 796. The topological polar surface area (TPSA) is 30.7 Å². The van der Waals surface area contributed by atoms with E-state index in [1.807, 2.05) is 30.3 Å². The molecule has 0 spiro atoms. The summed E-state index contributed by atoms with van der Waals surface area (Å²) >= 11 is 3.33. The van der Waals surface area contributed by atoms with Crippen molar-refractivity contribution in [2.24, 2.45) is 0 Å². The fourth-order valence-corrected chi connectivity index (χ4v) is 2.45. The molecule has 21 heavy (non-hydrogen) atoms. The molecule has 0 atom stereocenters. The van der Waals surface area contributed by atoms with Crippen molar-refractivity contribution >= 4 is 26.8 Å². The van der Waals surface area contributed by atoms with Crippen LogP contribution in [0.2, 0.25) is 0 Å². The zero-order valence-corrected chi connectivity index (χ0v) is 12.2. The van der Waals surface area contributed by atoms with E-state index in [1.165, 1.54) is 6.20 Å². The Kier molecular flexibility index (Phi) is 3.44. The molecule has 3 rings (SSSR count). The fraction of sp³-hybridized carbons (Fsp3) is 0.143. The number of rotatable bonds is 2. The lowest BCUT2D eigenvalue weighted by molar-refractivity contribution is -0.141. The molecule has 0 unspecified atom stereocenters. The standard InChI is InChI=1S/C14H9BrF3N3/c15-8-10-7-9-3-1-2-4-11(9)19-13(10)21-6-5-12(20-21)14(16,17)18/h1-7H,8H2. The maximum Gasteiger partial charge on any atom is 0.435 e. The largest absolute Gasteiger partial charge is 0.435 e. The molecule has 0 bridgehead atoms. The van der Waals surface area contributed by atoms with Crippen LogP contribution in [-0.2, 0) is 11.5 Å². The summed E-state index contributed by atoms with van der Waals surface area (Å²) in [4.78, 5) is 4.41. The van der Waals surface area contributed by atoms with E-state index in [1.54, 1.807) is 0 Å². The Labute approximate surface area is 126 Å².